The van der Waals surface area contributed by atoms with E-state index in [0.29, 0.717) is 23.9 Å². The quantitative estimate of drug-likeness (QED) is 0.541. The lowest BCUT2D eigenvalue weighted by molar-refractivity contribution is -0.169. The van der Waals surface area contributed by atoms with Gasteiger partial charge in [-0.3, -0.25) is 4.79 Å². The number of benzene rings is 1. The zero-order valence-electron chi connectivity index (χ0n) is 11.2. The Balaban J connectivity index is 1.96. The molecule has 7 heteroatoms. The summed E-state index contributed by atoms with van der Waals surface area (Å²) in [7, 11) is 0. The second-order valence-electron chi connectivity index (χ2n) is 4.54. The maximum atomic E-state index is 12.0. The molecular formula is C14H15Br2NO4. The van der Waals surface area contributed by atoms with E-state index in [-0.39, 0.29) is 0 Å². The van der Waals surface area contributed by atoms with E-state index in [1.54, 1.807) is 24.3 Å². The van der Waals surface area contributed by atoms with Gasteiger partial charge in [-0.15, -0.1) is 5.06 Å². The van der Waals surface area contributed by atoms with Crippen LogP contribution in [0.5, 0.6) is 0 Å². The minimum Gasteiger partial charge on any atom is -0.449 e. The summed E-state index contributed by atoms with van der Waals surface area (Å²) in [5, 5.41) is 1.51. The van der Waals surface area contributed by atoms with E-state index < -0.39 is 23.0 Å². The Morgan fingerprint density at radius 1 is 1.33 bits per heavy atom. The van der Waals surface area contributed by atoms with Crippen LogP contribution in [0.25, 0.3) is 0 Å². The van der Waals surface area contributed by atoms with E-state index in [9.17, 15) is 9.59 Å². The summed E-state index contributed by atoms with van der Waals surface area (Å²) < 4.78 is 5.20. The third-order valence-electron chi connectivity index (χ3n) is 3.05. The minimum absolute atomic E-state index is 0.391. The minimum atomic E-state index is -0.545. The maximum Gasteiger partial charge on any atom is 0.357 e. The smallest absolute Gasteiger partial charge is 0.357 e. The number of esters is 1. The average Bonchev–Trinajstić information content (AvgIpc) is 2.96. The van der Waals surface area contributed by atoms with Crippen LogP contribution in [0.1, 0.15) is 23.2 Å². The first-order chi connectivity index (χ1) is 10.1. The van der Waals surface area contributed by atoms with Crippen LogP contribution in [0.3, 0.4) is 0 Å². The van der Waals surface area contributed by atoms with Crippen LogP contribution in [-0.2, 0) is 14.4 Å². The molecule has 1 saturated heterocycles. The molecule has 0 N–H and O–H groups in total. The van der Waals surface area contributed by atoms with Crippen LogP contribution >= 0.6 is 31.9 Å². The molecule has 0 radical (unpaired) electrons. The Morgan fingerprint density at radius 3 is 2.71 bits per heavy atom. The van der Waals surface area contributed by atoms with Crippen molar-refractivity contribution in [3.05, 3.63) is 35.9 Å². The van der Waals surface area contributed by atoms with Gasteiger partial charge >= 0.3 is 11.9 Å². The van der Waals surface area contributed by atoms with Gasteiger partial charge in [0.1, 0.15) is 6.04 Å². The standard InChI is InChI=1S/C14H15Br2NO4/c15-9-12(16)20-14(19)11-7-4-8-17(11)21-13(18)10-5-2-1-3-6-10/h1-3,5-6,11-12H,4,7-9H2/t11-,12?/m0/s1. The van der Waals surface area contributed by atoms with Crippen LogP contribution in [0.15, 0.2) is 30.3 Å². The fraction of sp³-hybridized carbons (Fsp3) is 0.429. The van der Waals surface area contributed by atoms with Gasteiger partial charge in [-0.1, -0.05) is 34.1 Å². The number of carbonyl (C=O) groups excluding carboxylic acids is 2. The molecule has 5 nitrogen and oxygen atoms in total. The van der Waals surface area contributed by atoms with Crippen molar-refractivity contribution in [3.63, 3.8) is 0 Å². The van der Waals surface area contributed by atoms with Crippen LogP contribution in [0.2, 0.25) is 0 Å². The van der Waals surface area contributed by atoms with Crippen molar-refractivity contribution >= 4 is 43.8 Å². The van der Waals surface area contributed by atoms with Gasteiger partial charge in [-0.05, 0) is 40.9 Å². The number of nitrogens with zero attached hydrogens (tertiary/aromatic N) is 1. The van der Waals surface area contributed by atoms with E-state index in [1.165, 1.54) is 5.06 Å². The van der Waals surface area contributed by atoms with Gasteiger partial charge in [0.05, 0.1) is 10.9 Å². The lowest BCUT2D eigenvalue weighted by Gasteiger charge is -2.22. The highest BCUT2D eigenvalue weighted by molar-refractivity contribution is 9.12. The number of alkyl halides is 2. The Bertz CT molecular complexity index is 497. The molecule has 1 aliphatic rings. The topological polar surface area (TPSA) is 55.8 Å². The molecule has 1 heterocycles. The van der Waals surface area contributed by atoms with Crippen LogP contribution < -0.4 is 0 Å². The fourth-order valence-electron chi connectivity index (χ4n) is 2.05. The second-order valence-corrected chi connectivity index (χ2v) is 6.21. The number of hydrogen-bond donors (Lipinski definition) is 0. The fourth-order valence-corrected chi connectivity index (χ4v) is 2.37. The highest BCUT2D eigenvalue weighted by atomic mass is 79.9. The highest BCUT2D eigenvalue weighted by Crippen LogP contribution is 2.21. The summed E-state index contributed by atoms with van der Waals surface area (Å²) in [5.41, 5.74) is 0.454. The van der Waals surface area contributed by atoms with E-state index in [1.807, 2.05) is 6.07 Å². The summed E-state index contributed by atoms with van der Waals surface area (Å²) >= 11 is 6.43. The summed E-state index contributed by atoms with van der Waals surface area (Å²) in [4.78, 5) is 29.4. The first-order valence-corrected chi connectivity index (χ1v) is 8.60. The molecule has 1 aromatic carbocycles. The summed E-state index contributed by atoms with van der Waals surface area (Å²) in [6, 6.07) is 8.14. The number of rotatable bonds is 5. The molecule has 1 aromatic rings. The van der Waals surface area contributed by atoms with Crippen molar-refractivity contribution < 1.29 is 19.2 Å². The lowest BCUT2D eigenvalue weighted by atomic mass is 10.2. The van der Waals surface area contributed by atoms with E-state index >= 15 is 0 Å². The molecule has 0 aromatic heterocycles. The third-order valence-corrected chi connectivity index (χ3v) is 5.02. The number of ether oxygens (including phenoxy) is 1. The van der Waals surface area contributed by atoms with E-state index in [4.69, 9.17) is 9.57 Å². The van der Waals surface area contributed by atoms with Crippen LogP contribution in [-0.4, -0.2) is 39.9 Å². The molecule has 1 unspecified atom stereocenters. The van der Waals surface area contributed by atoms with Crippen LogP contribution in [0.4, 0.5) is 0 Å². The van der Waals surface area contributed by atoms with Crippen molar-refractivity contribution in [2.75, 3.05) is 11.9 Å². The number of hydroxylamine groups is 2. The van der Waals surface area contributed by atoms with E-state index in [2.05, 4.69) is 31.9 Å². The van der Waals surface area contributed by atoms with E-state index in [0.717, 1.165) is 6.42 Å². The molecule has 1 fully saturated rings. The maximum absolute atomic E-state index is 12.0. The number of carbonyl (C=O) groups is 2. The summed E-state index contributed by atoms with van der Waals surface area (Å²) in [6.07, 6.45) is 1.39. The number of halogens is 2. The first-order valence-electron chi connectivity index (χ1n) is 6.56. The van der Waals surface area contributed by atoms with Crippen molar-refractivity contribution in [2.45, 2.75) is 23.9 Å². The molecule has 2 atom stereocenters. The normalized spacial score (nSPS) is 20.0. The average molecular weight is 421 g/mol. The number of hydrogen-bond acceptors (Lipinski definition) is 5. The molecule has 21 heavy (non-hydrogen) atoms. The van der Waals surface area contributed by atoms with Gasteiger partial charge in [0.15, 0.2) is 5.01 Å². The van der Waals surface area contributed by atoms with Crippen molar-refractivity contribution in [2.24, 2.45) is 0 Å². The van der Waals surface area contributed by atoms with Crippen molar-refractivity contribution in [1.82, 2.24) is 5.06 Å². The molecular weight excluding hydrogens is 406 g/mol. The summed E-state index contributed by atoms with van der Waals surface area (Å²) in [6.45, 7) is 0.527. The van der Waals surface area contributed by atoms with Gasteiger partial charge < -0.3 is 9.57 Å². The molecule has 2 rings (SSSR count). The van der Waals surface area contributed by atoms with Gasteiger partial charge in [0.2, 0.25) is 0 Å². The largest absolute Gasteiger partial charge is 0.449 e. The Kier molecular flexibility index (Phi) is 6.20. The zero-order chi connectivity index (χ0) is 15.2. The highest BCUT2D eigenvalue weighted by Gasteiger charge is 2.36. The SMILES string of the molecule is O=C(ON1CCC[C@H]1C(=O)OC(Br)CBr)c1ccccc1. The molecule has 1 aliphatic heterocycles. The Hall–Kier alpha value is -0.920. The van der Waals surface area contributed by atoms with Gasteiger partial charge in [-0.2, -0.15) is 0 Å². The van der Waals surface area contributed by atoms with Gasteiger partial charge in [0, 0.05) is 6.54 Å². The van der Waals surface area contributed by atoms with Gasteiger partial charge in [-0.25, -0.2) is 4.79 Å². The van der Waals surface area contributed by atoms with Crippen LogP contribution in [0, 0.1) is 0 Å². The van der Waals surface area contributed by atoms with Crippen molar-refractivity contribution in [1.29, 1.82) is 0 Å². The van der Waals surface area contributed by atoms with Crippen molar-refractivity contribution in [3.8, 4) is 0 Å². The predicted octanol–water partition coefficient (Wildman–Crippen LogP) is 2.88. The van der Waals surface area contributed by atoms with Gasteiger partial charge in [0.25, 0.3) is 0 Å². The third kappa shape index (κ3) is 4.52. The molecule has 0 aliphatic carbocycles. The Morgan fingerprint density at radius 2 is 2.05 bits per heavy atom. The molecule has 0 amide bonds. The zero-order valence-corrected chi connectivity index (χ0v) is 14.4. The molecule has 0 saturated carbocycles. The molecule has 0 bridgehead atoms. The molecule has 114 valence electrons. The second kappa shape index (κ2) is 7.91. The molecule has 0 spiro atoms. The predicted molar refractivity (Wildman–Crippen MR) is 84.2 cm³/mol. The Labute approximate surface area is 139 Å². The monoisotopic (exact) mass is 419 g/mol. The lowest BCUT2D eigenvalue weighted by Crippen LogP contribution is -2.39. The summed E-state index contributed by atoms with van der Waals surface area (Å²) in [5.74, 6) is -0.860. The first kappa shape index (κ1) is 16.5.